The second-order valence-electron chi connectivity index (χ2n) is 5.96. The normalized spacial score (nSPS) is 11.2. The topological polar surface area (TPSA) is 77.1 Å². The van der Waals surface area contributed by atoms with E-state index in [0.717, 1.165) is 15.4 Å². The molecular weight excluding hydrogens is 398 g/mol. The highest BCUT2D eigenvalue weighted by molar-refractivity contribution is 9.10. The first-order valence-corrected chi connectivity index (χ1v) is 8.75. The monoisotopic (exact) mass is 411 g/mol. The molecule has 2 aromatic carbocycles. The van der Waals surface area contributed by atoms with Gasteiger partial charge in [-0.3, -0.25) is 14.2 Å². The van der Waals surface area contributed by atoms with Crippen LogP contribution in [0.25, 0.3) is 22.1 Å². The first-order valence-electron chi connectivity index (χ1n) is 7.95. The Morgan fingerprint density at radius 3 is 2.88 bits per heavy atom. The molecule has 0 atom stereocenters. The van der Waals surface area contributed by atoms with Crippen LogP contribution >= 0.6 is 15.9 Å². The molecule has 0 aliphatic rings. The lowest BCUT2D eigenvalue weighted by Gasteiger charge is -2.09. The van der Waals surface area contributed by atoms with Crippen LogP contribution in [-0.2, 0) is 11.3 Å². The molecule has 4 aromatic rings. The van der Waals surface area contributed by atoms with Crippen LogP contribution in [0.15, 0.2) is 62.5 Å². The predicted octanol–water partition coefficient (Wildman–Crippen LogP) is 3.85. The Morgan fingerprint density at radius 2 is 2.08 bits per heavy atom. The van der Waals surface area contributed by atoms with Gasteiger partial charge in [0.05, 0.1) is 6.33 Å². The summed E-state index contributed by atoms with van der Waals surface area (Å²) in [6.45, 7) is 1.75. The van der Waals surface area contributed by atoms with Crippen molar-refractivity contribution in [2.24, 2.45) is 0 Å². The maximum Gasteiger partial charge on any atom is 0.297 e. The number of halogens is 1. The maximum atomic E-state index is 12.6. The fourth-order valence-electron chi connectivity index (χ4n) is 2.84. The molecule has 2 heterocycles. The fraction of sp³-hybridized carbons (Fsp3) is 0.105. The summed E-state index contributed by atoms with van der Waals surface area (Å²) in [5.41, 5.74) is 2.50. The van der Waals surface area contributed by atoms with Crippen molar-refractivity contribution >= 4 is 49.6 Å². The standard InChI is InChI=1S/C19H14BrN3O3/c1-11-8-12(20)6-7-14(11)22-16(24)9-23-10-21-17-13-4-2-3-5-15(13)26-18(17)19(23)25/h2-8,10H,9H2,1H3,(H,22,24). The number of nitrogens with one attached hydrogen (secondary N) is 1. The predicted molar refractivity (Wildman–Crippen MR) is 103 cm³/mol. The number of benzene rings is 2. The Labute approximate surface area is 156 Å². The molecule has 130 valence electrons. The van der Waals surface area contributed by atoms with Crippen LogP contribution in [0.4, 0.5) is 5.69 Å². The third-order valence-electron chi connectivity index (χ3n) is 4.13. The van der Waals surface area contributed by atoms with Crippen molar-refractivity contribution < 1.29 is 9.21 Å². The average Bonchev–Trinajstić information content (AvgIpc) is 2.99. The van der Waals surface area contributed by atoms with Crippen LogP contribution < -0.4 is 10.9 Å². The lowest BCUT2D eigenvalue weighted by atomic mass is 10.2. The Bertz CT molecular complexity index is 1210. The Balaban J connectivity index is 1.64. The lowest BCUT2D eigenvalue weighted by molar-refractivity contribution is -0.116. The summed E-state index contributed by atoms with van der Waals surface area (Å²) in [4.78, 5) is 29.3. The van der Waals surface area contributed by atoms with E-state index in [-0.39, 0.29) is 23.6 Å². The fourth-order valence-corrected chi connectivity index (χ4v) is 3.32. The minimum atomic E-state index is -0.381. The van der Waals surface area contributed by atoms with Crippen LogP contribution in [0.3, 0.4) is 0 Å². The maximum absolute atomic E-state index is 12.6. The molecule has 2 aromatic heterocycles. The first-order chi connectivity index (χ1) is 12.5. The van der Waals surface area contributed by atoms with Crippen LogP contribution in [-0.4, -0.2) is 15.5 Å². The number of carbonyl (C=O) groups is 1. The summed E-state index contributed by atoms with van der Waals surface area (Å²) in [6.07, 6.45) is 1.38. The second kappa shape index (κ2) is 6.42. The molecule has 0 bridgehead atoms. The molecular formula is C19H14BrN3O3. The number of aryl methyl sites for hydroxylation is 1. The minimum Gasteiger partial charge on any atom is -0.448 e. The third-order valence-corrected chi connectivity index (χ3v) is 4.62. The number of hydrogen-bond acceptors (Lipinski definition) is 4. The number of fused-ring (bicyclic) bond motifs is 3. The second-order valence-corrected chi connectivity index (χ2v) is 6.88. The Kier molecular flexibility index (Phi) is 4.08. The molecule has 4 rings (SSSR count). The molecule has 0 fully saturated rings. The molecule has 0 spiro atoms. The number of carbonyl (C=O) groups excluding carboxylic acids is 1. The smallest absolute Gasteiger partial charge is 0.297 e. The molecule has 7 heteroatoms. The molecule has 0 saturated carbocycles. The van der Waals surface area contributed by atoms with E-state index in [4.69, 9.17) is 4.42 Å². The van der Waals surface area contributed by atoms with E-state index >= 15 is 0 Å². The number of hydrogen-bond donors (Lipinski definition) is 1. The lowest BCUT2D eigenvalue weighted by Crippen LogP contribution is -2.27. The number of anilines is 1. The van der Waals surface area contributed by atoms with Gasteiger partial charge >= 0.3 is 0 Å². The van der Waals surface area contributed by atoms with Crippen molar-refractivity contribution in [3.05, 3.63) is 69.2 Å². The van der Waals surface area contributed by atoms with E-state index in [1.54, 1.807) is 12.1 Å². The number of para-hydroxylation sites is 1. The SMILES string of the molecule is Cc1cc(Br)ccc1NC(=O)Cn1cnc2c(oc3ccccc32)c1=O. The van der Waals surface area contributed by atoms with E-state index < -0.39 is 0 Å². The van der Waals surface area contributed by atoms with Gasteiger partial charge in [-0.05, 0) is 42.8 Å². The van der Waals surface area contributed by atoms with Crippen molar-refractivity contribution in [3.63, 3.8) is 0 Å². The highest BCUT2D eigenvalue weighted by atomic mass is 79.9. The summed E-state index contributed by atoms with van der Waals surface area (Å²) in [5.74, 6) is -0.310. The van der Waals surface area contributed by atoms with Gasteiger partial charge in [-0.1, -0.05) is 28.1 Å². The third kappa shape index (κ3) is 2.90. The summed E-state index contributed by atoms with van der Waals surface area (Å²) in [6, 6.07) is 12.9. The highest BCUT2D eigenvalue weighted by Crippen LogP contribution is 2.24. The zero-order chi connectivity index (χ0) is 18.3. The van der Waals surface area contributed by atoms with E-state index in [0.29, 0.717) is 16.8 Å². The summed E-state index contributed by atoms with van der Waals surface area (Å²) in [5, 5.41) is 3.59. The van der Waals surface area contributed by atoms with E-state index in [9.17, 15) is 9.59 Å². The number of rotatable bonds is 3. The quantitative estimate of drug-likeness (QED) is 0.555. The van der Waals surface area contributed by atoms with Crippen molar-refractivity contribution in [1.82, 2.24) is 9.55 Å². The van der Waals surface area contributed by atoms with E-state index in [1.165, 1.54) is 10.9 Å². The molecule has 0 unspecified atom stereocenters. The average molecular weight is 412 g/mol. The van der Waals surface area contributed by atoms with Crippen molar-refractivity contribution in [3.8, 4) is 0 Å². The molecule has 1 N–H and O–H groups in total. The van der Waals surface area contributed by atoms with Crippen LogP contribution in [0.2, 0.25) is 0 Å². The van der Waals surface area contributed by atoms with Gasteiger partial charge in [-0.2, -0.15) is 0 Å². The van der Waals surface area contributed by atoms with Crippen LogP contribution in [0, 0.1) is 6.92 Å². The van der Waals surface area contributed by atoms with Crippen LogP contribution in [0.1, 0.15) is 5.56 Å². The van der Waals surface area contributed by atoms with Crippen molar-refractivity contribution in [1.29, 1.82) is 0 Å². The molecule has 0 aliphatic heterocycles. The van der Waals surface area contributed by atoms with Crippen molar-refractivity contribution in [2.75, 3.05) is 5.32 Å². The van der Waals surface area contributed by atoms with Gasteiger partial charge < -0.3 is 9.73 Å². The van der Waals surface area contributed by atoms with Gasteiger partial charge in [-0.25, -0.2) is 4.98 Å². The first kappa shape index (κ1) is 16.5. The molecule has 0 radical (unpaired) electrons. The molecule has 26 heavy (non-hydrogen) atoms. The summed E-state index contributed by atoms with van der Waals surface area (Å²) < 4.78 is 7.80. The minimum absolute atomic E-state index is 0.145. The largest absolute Gasteiger partial charge is 0.448 e. The van der Waals surface area contributed by atoms with Gasteiger partial charge in [0.15, 0.2) is 0 Å². The highest BCUT2D eigenvalue weighted by Gasteiger charge is 2.14. The zero-order valence-corrected chi connectivity index (χ0v) is 15.4. The summed E-state index contributed by atoms with van der Waals surface area (Å²) in [7, 11) is 0. The zero-order valence-electron chi connectivity index (χ0n) is 13.8. The van der Waals surface area contributed by atoms with Gasteiger partial charge in [-0.15, -0.1) is 0 Å². The molecule has 0 saturated heterocycles. The molecule has 6 nitrogen and oxygen atoms in total. The molecule has 1 amide bonds. The van der Waals surface area contributed by atoms with Crippen LogP contribution in [0.5, 0.6) is 0 Å². The number of aromatic nitrogens is 2. The van der Waals surface area contributed by atoms with Crippen molar-refractivity contribution in [2.45, 2.75) is 13.5 Å². The Hall–Kier alpha value is -2.93. The van der Waals surface area contributed by atoms with Gasteiger partial charge in [0.2, 0.25) is 11.5 Å². The van der Waals surface area contributed by atoms with Gasteiger partial charge in [0.25, 0.3) is 5.56 Å². The van der Waals surface area contributed by atoms with Gasteiger partial charge in [0, 0.05) is 15.5 Å². The van der Waals surface area contributed by atoms with E-state index in [2.05, 4.69) is 26.2 Å². The Morgan fingerprint density at radius 1 is 1.27 bits per heavy atom. The number of furan rings is 1. The summed E-state index contributed by atoms with van der Waals surface area (Å²) >= 11 is 3.39. The number of nitrogens with zero attached hydrogens (tertiary/aromatic N) is 2. The number of amides is 1. The van der Waals surface area contributed by atoms with E-state index in [1.807, 2.05) is 37.3 Å². The molecule has 0 aliphatic carbocycles. The van der Waals surface area contributed by atoms with Gasteiger partial charge in [0.1, 0.15) is 17.6 Å².